The van der Waals surface area contributed by atoms with Crippen molar-refractivity contribution in [3.8, 4) is 5.75 Å². The third-order valence-electron chi connectivity index (χ3n) is 3.20. The van der Waals surface area contributed by atoms with E-state index in [2.05, 4.69) is 6.58 Å². The molecule has 0 radical (unpaired) electrons. The van der Waals surface area contributed by atoms with Crippen LogP contribution in [0.2, 0.25) is 0 Å². The molecule has 0 amide bonds. The van der Waals surface area contributed by atoms with Gasteiger partial charge in [-0.1, -0.05) is 18.2 Å². The molecular formula is C16H17ClFNO2. The van der Waals surface area contributed by atoms with Gasteiger partial charge in [0.1, 0.15) is 18.2 Å². The lowest BCUT2D eigenvalue weighted by molar-refractivity contribution is 0.146. The summed E-state index contributed by atoms with van der Waals surface area (Å²) in [5.74, 6) is 0.113. The van der Waals surface area contributed by atoms with Crippen molar-refractivity contribution in [1.82, 2.24) is 4.90 Å². The highest BCUT2D eigenvalue weighted by Gasteiger charge is 2.19. The van der Waals surface area contributed by atoms with Gasteiger partial charge in [-0.3, -0.25) is 0 Å². The molecule has 21 heavy (non-hydrogen) atoms. The first-order valence-electron chi connectivity index (χ1n) is 6.46. The summed E-state index contributed by atoms with van der Waals surface area (Å²) in [6.07, 6.45) is 3.47. The molecule has 0 bridgehead atoms. The molecule has 2 rings (SSSR count). The number of rotatable bonds is 5. The van der Waals surface area contributed by atoms with E-state index in [4.69, 9.17) is 21.1 Å². The van der Waals surface area contributed by atoms with Crippen molar-refractivity contribution in [2.24, 2.45) is 0 Å². The smallest absolute Gasteiger partial charge is 0.136 e. The van der Waals surface area contributed by atoms with Gasteiger partial charge in [-0.25, -0.2) is 4.39 Å². The highest BCUT2D eigenvalue weighted by atomic mass is 35.5. The second-order valence-electron chi connectivity index (χ2n) is 4.56. The van der Waals surface area contributed by atoms with Gasteiger partial charge < -0.3 is 14.4 Å². The molecule has 0 N–H and O–H groups in total. The summed E-state index contributed by atoms with van der Waals surface area (Å²) in [6, 6.07) is 4.77. The quantitative estimate of drug-likeness (QED) is 0.773. The SMILES string of the molecule is C=C1C(Cl)=CC=C(c2ccc(OCCOC)cc2F)N1C. The second-order valence-corrected chi connectivity index (χ2v) is 4.96. The average molecular weight is 310 g/mol. The van der Waals surface area contributed by atoms with Gasteiger partial charge in [0.15, 0.2) is 0 Å². The minimum absolute atomic E-state index is 0.359. The van der Waals surface area contributed by atoms with E-state index in [0.717, 1.165) is 0 Å². The van der Waals surface area contributed by atoms with Crippen molar-refractivity contribution < 1.29 is 13.9 Å². The van der Waals surface area contributed by atoms with E-state index in [1.165, 1.54) is 6.07 Å². The molecule has 1 aliphatic heterocycles. The predicted molar refractivity (Wildman–Crippen MR) is 82.6 cm³/mol. The van der Waals surface area contributed by atoms with E-state index >= 15 is 0 Å². The van der Waals surface area contributed by atoms with Gasteiger partial charge in [-0.15, -0.1) is 0 Å². The summed E-state index contributed by atoms with van der Waals surface area (Å²) < 4.78 is 24.6. The zero-order valence-corrected chi connectivity index (χ0v) is 12.8. The van der Waals surface area contributed by atoms with Crippen LogP contribution in [0.1, 0.15) is 5.56 Å². The topological polar surface area (TPSA) is 21.7 Å². The molecular weight excluding hydrogens is 293 g/mol. The van der Waals surface area contributed by atoms with Crippen molar-refractivity contribution in [3.63, 3.8) is 0 Å². The minimum atomic E-state index is -0.359. The molecule has 0 saturated carbocycles. The maximum atomic E-state index is 14.3. The fourth-order valence-corrected chi connectivity index (χ4v) is 2.16. The third kappa shape index (κ3) is 3.46. The van der Waals surface area contributed by atoms with Crippen LogP contribution in [0.4, 0.5) is 4.39 Å². The fraction of sp³-hybridized carbons (Fsp3) is 0.250. The van der Waals surface area contributed by atoms with Gasteiger partial charge in [0, 0.05) is 25.8 Å². The Morgan fingerprint density at radius 2 is 2.05 bits per heavy atom. The Morgan fingerprint density at radius 3 is 2.71 bits per heavy atom. The number of nitrogens with zero attached hydrogens (tertiary/aromatic N) is 1. The zero-order valence-electron chi connectivity index (χ0n) is 12.0. The van der Waals surface area contributed by atoms with E-state index in [1.54, 1.807) is 43.3 Å². The number of halogens is 2. The number of methoxy groups -OCH3 is 1. The molecule has 0 atom stereocenters. The van der Waals surface area contributed by atoms with Gasteiger partial charge in [-0.2, -0.15) is 0 Å². The number of hydrogen-bond donors (Lipinski definition) is 0. The van der Waals surface area contributed by atoms with E-state index < -0.39 is 0 Å². The maximum absolute atomic E-state index is 14.3. The molecule has 0 saturated heterocycles. The number of benzene rings is 1. The molecule has 1 aliphatic rings. The largest absolute Gasteiger partial charge is 0.491 e. The van der Waals surface area contributed by atoms with Crippen molar-refractivity contribution in [3.05, 3.63) is 59.0 Å². The van der Waals surface area contributed by atoms with Gasteiger partial charge in [-0.05, 0) is 24.3 Å². The zero-order chi connectivity index (χ0) is 15.4. The predicted octanol–water partition coefficient (Wildman–Crippen LogP) is 3.77. The highest BCUT2D eigenvalue weighted by Crippen LogP contribution is 2.32. The van der Waals surface area contributed by atoms with Crippen LogP contribution < -0.4 is 4.74 Å². The molecule has 0 fully saturated rings. The van der Waals surface area contributed by atoms with Gasteiger partial charge in [0.05, 0.1) is 23.0 Å². The van der Waals surface area contributed by atoms with Gasteiger partial charge in [0.2, 0.25) is 0 Å². The van der Waals surface area contributed by atoms with Crippen LogP contribution in [0.3, 0.4) is 0 Å². The lowest BCUT2D eigenvalue weighted by Gasteiger charge is -2.27. The van der Waals surface area contributed by atoms with Crippen molar-refractivity contribution in [1.29, 1.82) is 0 Å². The lowest BCUT2D eigenvalue weighted by atomic mass is 10.1. The number of ether oxygens (including phenoxy) is 2. The van der Waals surface area contributed by atoms with Crippen LogP contribution in [-0.2, 0) is 4.74 Å². The van der Waals surface area contributed by atoms with Crippen molar-refractivity contribution in [2.75, 3.05) is 27.4 Å². The average Bonchev–Trinajstić information content (AvgIpc) is 2.46. The van der Waals surface area contributed by atoms with Crippen LogP contribution in [0.25, 0.3) is 5.70 Å². The minimum Gasteiger partial charge on any atom is -0.491 e. The Hall–Kier alpha value is -1.78. The van der Waals surface area contributed by atoms with Gasteiger partial charge >= 0.3 is 0 Å². The van der Waals surface area contributed by atoms with Crippen LogP contribution in [0.15, 0.2) is 47.7 Å². The van der Waals surface area contributed by atoms with Crippen LogP contribution in [0.5, 0.6) is 5.75 Å². The maximum Gasteiger partial charge on any atom is 0.136 e. The second kappa shape index (κ2) is 6.78. The van der Waals surface area contributed by atoms with Crippen LogP contribution >= 0.6 is 11.6 Å². The molecule has 1 aromatic rings. The van der Waals surface area contributed by atoms with E-state index in [1.807, 2.05) is 0 Å². The molecule has 1 aromatic carbocycles. The molecule has 0 spiro atoms. The molecule has 1 heterocycles. The molecule has 0 unspecified atom stereocenters. The first-order valence-corrected chi connectivity index (χ1v) is 6.84. The normalized spacial score (nSPS) is 14.9. The summed E-state index contributed by atoms with van der Waals surface area (Å²) in [5, 5.41) is 0.543. The van der Waals surface area contributed by atoms with Crippen LogP contribution in [0, 0.1) is 5.82 Å². The number of hydrogen-bond acceptors (Lipinski definition) is 3. The van der Waals surface area contributed by atoms with Crippen LogP contribution in [-0.4, -0.2) is 32.3 Å². The summed E-state index contributed by atoms with van der Waals surface area (Å²) in [4.78, 5) is 1.76. The van der Waals surface area contributed by atoms with Crippen molar-refractivity contribution in [2.45, 2.75) is 0 Å². The number of likely N-dealkylation sites (N-methyl/N-ethyl adjacent to an activating group) is 1. The Morgan fingerprint density at radius 1 is 1.29 bits per heavy atom. The van der Waals surface area contributed by atoms with Crippen molar-refractivity contribution >= 4 is 17.3 Å². The molecule has 0 aromatic heterocycles. The standard InChI is InChI=1S/C16H17ClFNO2/c1-11-14(17)6-7-16(19(11)2)13-5-4-12(10-15(13)18)21-9-8-20-3/h4-7,10H,1,8-9H2,2-3H3. The van der Waals surface area contributed by atoms with E-state index in [0.29, 0.717) is 41.0 Å². The third-order valence-corrected chi connectivity index (χ3v) is 3.55. The van der Waals surface area contributed by atoms with Gasteiger partial charge in [0.25, 0.3) is 0 Å². The monoisotopic (exact) mass is 309 g/mol. The Labute approximate surface area is 128 Å². The Kier molecular flexibility index (Phi) is 5.04. The van der Waals surface area contributed by atoms with E-state index in [9.17, 15) is 4.39 Å². The molecule has 112 valence electrons. The highest BCUT2D eigenvalue weighted by molar-refractivity contribution is 6.32. The number of allylic oxidation sites excluding steroid dienone is 3. The molecule has 3 nitrogen and oxygen atoms in total. The Balaban J connectivity index is 2.23. The fourth-order valence-electron chi connectivity index (χ4n) is 1.97. The first-order chi connectivity index (χ1) is 10.0. The first kappa shape index (κ1) is 15.6. The molecule has 0 aliphatic carbocycles. The van der Waals surface area contributed by atoms with E-state index in [-0.39, 0.29) is 5.82 Å². The summed E-state index contributed by atoms with van der Waals surface area (Å²) in [5.41, 5.74) is 1.80. The molecule has 5 heteroatoms. The lowest BCUT2D eigenvalue weighted by Crippen LogP contribution is -2.19. The summed E-state index contributed by atoms with van der Waals surface area (Å²) in [7, 11) is 3.38. The summed E-state index contributed by atoms with van der Waals surface area (Å²) >= 11 is 6.00. The Bertz CT molecular complexity index is 610. The summed E-state index contributed by atoms with van der Waals surface area (Å²) in [6.45, 7) is 4.71.